The first kappa shape index (κ1) is 11.9. The maximum absolute atomic E-state index is 11.6. The number of rotatable bonds is 4. The lowest BCUT2D eigenvalue weighted by atomic mass is 10.1. The zero-order valence-corrected chi connectivity index (χ0v) is 9.72. The van der Waals surface area contributed by atoms with E-state index in [2.05, 4.69) is 11.2 Å². The van der Waals surface area contributed by atoms with E-state index in [9.17, 15) is 9.59 Å². The summed E-state index contributed by atoms with van der Waals surface area (Å²) in [6, 6.07) is 7.24. The van der Waals surface area contributed by atoms with Crippen LogP contribution in [0.1, 0.15) is 10.4 Å². The fourth-order valence-corrected chi connectivity index (χ4v) is 1.85. The van der Waals surface area contributed by atoms with Crippen molar-refractivity contribution in [2.45, 2.75) is 6.54 Å². The first-order valence-electron chi connectivity index (χ1n) is 5.49. The van der Waals surface area contributed by atoms with Crippen molar-refractivity contribution in [3.05, 3.63) is 36.0 Å². The molecule has 4 nitrogen and oxygen atoms in total. The van der Waals surface area contributed by atoms with Crippen molar-refractivity contribution < 1.29 is 9.59 Å². The van der Waals surface area contributed by atoms with Gasteiger partial charge in [0.2, 0.25) is 5.91 Å². The number of hydrogen-bond donors (Lipinski definition) is 1. The van der Waals surface area contributed by atoms with Gasteiger partial charge >= 0.3 is 0 Å². The van der Waals surface area contributed by atoms with Gasteiger partial charge in [-0.05, 0) is 12.1 Å². The summed E-state index contributed by atoms with van der Waals surface area (Å²) >= 11 is 0. The molecule has 18 heavy (non-hydrogen) atoms. The Kier molecular flexibility index (Phi) is 3.44. The van der Waals surface area contributed by atoms with Crippen LogP contribution in [0.25, 0.3) is 10.9 Å². The second kappa shape index (κ2) is 5.19. The van der Waals surface area contributed by atoms with Gasteiger partial charge in [0.15, 0.2) is 6.29 Å². The Morgan fingerprint density at radius 1 is 1.44 bits per heavy atom. The predicted octanol–water partition coefficient (Wildman–Crippen LogP) is 1.20. The number of aromatic nitrogens is 1. The molecule has 1 aromatic heterocycles. The maximum Gasteiger partial charge on any atom is 0.240 e. The fraction of sp³-hybridized carbons (Fsp3) is 0.143. The molecule has 2 rings (SSSR count). The van der Waals surface area contributed by atoms with Crippen LogP contribution in [-0.2, 0) is 11.3 Å². The van der Waals surface area contributed by atoms with Crippen LogP contribution in [0, 0.1) is 12.3 Å². The summed E-state index contributed by atoms with van der Waals surface area (Å²) in [4.78, 5) is 22.5. The average Bonchev–Trinajstić information content (AvgIpc) is 2.79. The summed E-state index contributed by atoms with van der Waals surface area (Å²) < 4.78 is 1.79. The Bertz CT molecular complexity index is 635. The van der Waals surface area contributed by atoms with Crippen molar-refractivity contribution in [3.8, 4) is 12.3 Å². The highest BCUT2D eigenvalue weighted by atomic mass is 16.1. The van der Waals surface area contributed by atoms with Gasteiger partial charge in [-0.3, -0.25) is 9.59 Å². The monoisotopic (exact) mass is 240 g/mol. The summed E-state index contributed by atoms with van der Waals surface area (Å²) in [5.74, 6) is 2.20. The van der Waals surface area contributed by atoms with Gasteiger partial charge in [0.05, 0.1) is 6.54 Å². The molecule has 1 aromatic carbocycles. The molecule has 1 N–H and O–H groups in total. The van der Waals surface area contributed by atoms with E-state index in [0.717, 1.165) is 17.2 Å². The van der Waals surface area contributed by atoms with Crippen molar-refractivity contribution in [2.24, 2.45) is 0 Å². The largest absolute Gasteiger partial charge is 0.344 e. The van der Waals surface area contributed by atoms with Crippen LogP contribution in [0.2, 0.25) is 0 Å². The summed E-state index contributed by atoms with van der Waals surface area (Å²) in [7, 11) is 0. The number of fused-ring (bicyclic) bond motifs is 1. The molecular formula is C14H12N2O2. The molecular weight excluding hydrogens is 228 g/mol. The molecule has 0 aliphatic heterocycles. The van der Waals surface area contributed by atoms with Crippen LogP contribution >= 0.6 is 0 Å². The molecule has 0 radical (unpaired) electrons. The van der Waals surface area contributed by atoms with E-state index in [1.54, 1.807) is 22.9 Å². The number of nitrogens with zero attached hydrogens (tertiary/aromatic N) is 1. The molecule has 90 valence electrons. The minimum absolute atomic E-state index is 0.151. The second-order valence-electron chi connectivity index (χ2n) is 3.82. The summed E-state index contributed by atoms with van der Waals surface area (Å²) in [6.45, 7) is 0.408. The highest BCUT2D eigenvalue weighted by Gasteiger charge is 2.07. The molecule has 0 unspecified atom stereocenters. The number of benzene rings is 1. The standard InChI is InChI=1S/C14H12N2O2/c1-2-7-15-14(18)9-16-8-6-12-11(10-17)4-3-5-13(12)16/h1,3-6,8,10H,7,9H2,(H,15,18). The molecule has 0 aliphatic rings. The lowest BCUT2D eigenvalue weighted by Crippen LogP contribution is -2.27. The van der Waals surface area contributed by atoms with E-state index < -0.39 is 0 Å². The molecule has 1 heterocycles. The summed E-state index contributed by atoms with van der Waals surface area (Å²) in [5, 5.41) is 3.44. The Morgan fingerprint density at radius 3 is 3.00 bits per heavy atom. The van der Waals surface area contributed by atoms with Crippen LogP contribution in [0.4, 0.5) is 0 Å². The van der Waals surface area contributed by atoms with Gasteiger partial charge in [-0.25, -0.2) is 0 Å². The van der Waals surface area contributed by atoms with Gasteiger partial charge in [-0.1, -0.05) is 18.1 Å². The van der Waals surface area contributed by atoms with Gasteiger partial charge in [-0.2, -0.15) is 0 Å². The van der Waals surface area contributed by atoms with Crippen molar-refractivity contribution >= 4 is 23.1 Å². The Labute approximate surface area is 105 Å². The van der Waals surface area contributed by atoms with Gasteiger partial charge in [0.25, 0.3) is 0 Å². The second-order valence-corrected chi connectivity index (χ2v) is 3.82. The van der Waals surface area contributed by atoms with E-state index in [1.807, 2.05) is 12.1 Å². The minimum atomic E-state index is -0.151. The first-order valence-corrected chi connectivity index (χ1v) is 5.49. The molecule has 0 atom stereocenters. The van der Waals surface area contributed by atoms with Gasteiger partial charge in [0, 0.05) is 22.7 Å². The molecule has 0 saturated carbocycles. The summed E-state index contributed by atoms with van der Waals surface area (Å²) in [6.07, 6.45) is 7.66. The van der Waals surface area contributed by atoms with Crippen LogP contribution in [0.3, 0.4) is 0 Å². The van der Waals surface area contributed by atoms with E-state index in [1.165, 1.54) is 0 Å². The third kappa shape index (κ3) is 2.25. The number of hydrogen-bond acceptors (Lipinski definition) is 2. The quantitative estimate of drug-likeness (QED) is 0.645. The fourth-order valence-electron chi connectivity index (χ4n) is 1.85. The van der Waals surface area contributed by atoms with Crippen LogP contribution in [-0.4, -0.2) is 23.3 Å². The van der Waals surface area contributed by atoms with Crippen LogP contribution < -0.4 is 5.32 Å². The zero-order chi connectivity index (χ0) is 13.0. The van der Waals surface area contributed by atoms with Gasteiger partial charge in [-0.15, -0.1) is 6.42 Å². The topological polar surface area (TPSA) is 51.1 Å². The number of terminal acetylenes is 1. The third-order valence-electron chi connectivity index (χ3n) is 2.68. The molecule has 1 amide bonds. The highest BCUT2D eigenvalue weighted by molar-refractivity contribution is 5.97. The number of carbonyl (C=O) groups excluding carboxylic acids is 2. The van der Waals surface area contributed by atoms with Crippen molar-refractivity contribution in [1.82, 2.24) is 9.88 Å². The zero-order valence-electron chi connectivity index (χ0n) is 9.72. The number of carbonyl (C=O) groups is 2. The summed E-state index contributed by atoms with van der Waals surface area (Å²) in [5.41, 5.74) is 1.48. The first-order chi connectivity index (χ1) is 8.76. The Morgan fingerprint density at radius 2 is 2.28 bits per heavy atom. The predicted molar refractivity (Wildman–Crippen MR) is 69.2 cm³/mol. The van der Waals surface area contributed by atoms with Crippen LogP contribution in [0.5, 0.6) is 0 Å². The molecule has 0 fully saturated rings. The van der Waals surface area contributed by atoms with Gasteiger partial charge < -0.3 is 9.88 Å². The average molecular weight is 240 g/mol. The van der Waals surface area contributed by atoms with Crippen molar-refractivity contribution in [3.63, 3.8) is 0 Å². The Hall–Kier alpha value is -2.54. The molecule has 0 bridgehead atoms. The molecule has 4 heteroatoms. The van der Waals surface area contributed by atoms with Crippen LogP contribution in [0.15, 0.2) is 30.5 Å². The number of amides is 1. The number of aldehydes is 1. The molecule has 2 aromatic rings. The minimum Gasteiger partial charge on any atom is -0.344 e. The van der Waals surface area contributed by atoms with E-state index in [4.69, 9.17) is 6.42 Å². The smallest absolute Gasteiger partial charge is 0.240 e. The van der Waals surface area contributed by atoms with E-state index >= 15 is 0 Å². The molecule has 0 spiro atoms. The maximum atomic E-state index is 11.6. The van der Waals surface area contributed by atoms with Crippen molar-refractivity contribution in [2.75, 3.05) is 6.54 Å². The molecule has 0 saturated heterocycles. The van der Waals surface area contributed by atoms with Gasteiger partial charge in [0.1, 0.15) is 6.54 Å². The van der Waals surface area contributed by atoms with E-state index in [0.29, 0.717) is 5.56 Å². The van der Waals surface area contributed by atoms with Crippen molar-refractivity contribution in [1.29, 1.82) is 0 Å². The number of nitrogens with one attached hydrogen (secondary N) is 1. The lowest BCUT2D eigenvalue weighted by Gasteiger charge is -2.05. The Balaban J connectivity index is 2.28. The molecule has 0 aliphatic carbocycles. The lowest BCUT2D eigenvalue weighted by molar-refractivity contribution is -0.121. The normalized spacial score (nSPS) is 9.94. The van der Waals surface area contributed by atoms with E-state index in [-0.39, 0.29) is 19.0 Å². The third-order valence-corrected chi connectivity index (χ3v) is 2.68. The highest BCUT2D eigenvalue weighted by Crippen LogP contribution is 2.18. The SMILES string of the molecule is C#CCNC(=O)Cn1ccc2c(C=O)cccc21.